The fraction of sp³-hybridized carbons (Fsp3) is 0.818. The monoisotopic (exact) mass is 230 g/mol. The van der Waals surface area contributed by atoms with Crippen LogP contribution in [0.1, 0.15) is 34.1 Å². The summed E-state index contributed by atoms with van der Waals surface area (Å²) in [7, 11) is 1.28. The summed E-state index contributed by atoms with van der Waals surface area (Å²) in [4.78, 5) is 22.9. The Morgan fingerprint density at radius 3 is 2.12 bits per heavy atom. The SMILES string of the molecule is CCC(C)NC(=O)C(NC(=O)OC)C(C)C. The topological polar surface area (TPSA) is 67.4 Å². The number of carbonyl (C=O) groups excluding carboxylic acids is 2. The molecule has 0 aromatic carbocycles. The van der Waals surface area contributed by atoms with Gasteiger partial charge in [0.1, 0.15) is 6.04 Å². The van der Waals surface area contributed by atoms with Gasteiger partial charge in [-0.2, -0.15) is 0 Å². The van der Waals surface area contributed by atoms with Crippen LogP contribution in [0.2, 0.25) is 0 Å². The Balaban J connectivity index is 4.41. The maximum Gasteiger partial charge on any atom is 0.407 e. The van der Waals surface area contributed by atoms with Crippen molar-refractivity contribution in [3.05, 3.63) is 0 Å². The van der Waals surface area contributed by atoms with E-state index in [1.54, 1.807) is 0 Å². The number of ether oxygens (including phenoxy) is 1. The van der Waals surface area contributed by atoms with Crippen molar-refractivity contribution in [2.24, 2.45) is 5.92 Å². The molecule has 0 radical (unpaired) electrons. The molecule has 5 heteroatoms. The molecule has 2 amide bonds. The van der Waals surface area contributed by atoms with E-state index in [2.05, 4.69) is 15.4 Å². The van der Waals surface area contributed by atoms with Crippen molar-refractivity contribution in [1.29, 1.82) is 0 Å². The molecule has 94 valence electrons. The molecular weight excluding hydrogens is 208 g/mol. The molecule has 0 aliphatic carbocycles. The lowest BCUT2D eigenvalue weighted by Crippen LogP contribution is -2.51. The van der Waals surface area contributed by atoms with E-state index in [9.17, 15) is 9.59 Å². The van der Waals surface area contributed by atoms with E-state index in [-0.39, 0.29) is 17.9 Å². The molecule has 0 rings (SSSR count). The third-order valence-electron chi connectivity index (χ3n) is 2.41. The molecule has 0 spiro atoms. The molecule has 0 fully saturated rings. The number of hydrogen-bond acceptors (Lipinski definition) is 3. The molecule has 0 aliphatic heterocycles. The molecule has 16 heavy (non-hydrogen) atoms. The second kappa shape index (κ2) is 7.09. The number of methoxy groups -OCH3 is 1. The van der Waals surface area contributed by atoms with Crippen molar-refractivity contribution < 1.29 is 14.3 Å². The van der Waals surface area contributed by atoms with Crippen LogP contribution >= 0.6 is 0 Å². The van der Waals surface area contributed by atoms with Crippen LogP contribution in [0.4, 0.5) is 4.79 Å². The molecule has 0 saturated heterocycles. The molecule has 2 unspecified atom stereocenters. The summed E-state index contributed by atoms with van der Waals surface area (Å²) in [5.74, 6) is -0.155. The average molecular weight is 230 g/mol. The molecule has 0 bridgehead atoms. The van der Waals surface area contributed by atoms with E-state index in [4.69, 9.17) is 0 Å². The first-order valence-electron chi connectivity index (χ1n) is 5.57. The highest BCUT2D eigenvalue weighted by atomic mass is 16.5. The first kappa shape index (κ1) is 14.7. The van der Waals surface area contributed by atoms with Gasteiger partial charge in [0.05, 0.1) is 7.11 Å². The summed E-state index contributed by atoms with van der Waals surface area (Å²) in [5.41, 5.74) is 0. The van der Waals surface area contributed by atoms with Crippen molar-refractivity contribution >= 4 is 12.0 Å². The second-order valence-electron chi connectivity index (χ2n) is 4.18. The van der Waals surface area contributed by atoms with E-state index >= 15 is 0 Å². The normalized spacial score (nSPS) is 14.1. The lowest BCUT2D eigenvalue weighted by Gasteiger charge is -2.22. The molecule has 0 aromatic rings. The Morgan fingerprint density at radius 1 is 1.19 bits per heavy atom. The number of amides is 2. The summed E-state index contributed by atoms with van der Waals surface area (Å²) < 4.78 is 4.48. The van der Waals surface area contributed by atoms with Gasteiger partial charge >= 0.3 is 6.09 Å². The Morgan fingerprint density at radius 2 is 1.75 bits per heavy atom. The van der Waals surface area contributed by atoms with Crippen LogP contribution in [-0.4, -0.2) is 31.2 Å². The quantitative estimate of drug-likeness (QED) is 0.747. The summed E-state index contributed by atoms with van der Waals surface area (Å²) in [5, 5.41) is 5.35. The van der Waals surface area contributed by atoms with E-state index < -0.39 is 12.1 Å². The summed E-state index contributed by atoms with van der Waals surface area (Å²) >= 11 is 0. The van der Waals surface area contributed by atoms with E-state index in [0.29, 0.717) is 0 Å². The smallest absolute Gasteiger partial charge is 0.407 e. The van der Waals surface area contributed by atoms with Crippen LogP contribution in [0, 0.1) is 5.92 Å². The third kappa shape index (κ3) is 5.00. The van der Waals surface area contributed by atoms with Gasteiger partial charge in [-0.05, 0) is 19.3 Å². The van der Waals surface area contributed by atoms with Gasteiger partial charge in [0.2, 0.25) is 5.91 Å². The largest absolute Gasteiger partial charge is 0.453 e. The van der Waals surface area contributed by atoms with Gasteiger partial charge in [0.25, 0.3) is 0 Å². The fourth-order valence-electron chi connectivity index (χ4n) is 1.16. The number of hydrogen-bond donors (Lipinski definition) is 2. The van der Waals surface area contributed by atoms with Gasteiger partial charge in [-0.15, -0.1) is 0 Å². The van der Waals surface area contributed by atoms with Crippen molar-refractivity contribution in [3.63, 3.8) is 0 Å². The van der Waals surface area contributed by atoms with E-state index in [1.807, 2.05) is 27.7 Å². The molecule has 2 atom stereocenters. The van der Waals surface area contributed by atoms with Gasteiger partial charge in [-0.25, -0.2) is 4.79 Å². The zero-order valence-electron chi connectivity index (χ0n) is 10.7. The summed E-state index contributed by atoms with van der Waals surface area (Å²) in [6.07, 6.45) is 0.271. The van der Waals surface area contributed by atoms with Gasteiger partial charge in [-0.3, -0.25) is 4.79 Å². The predicted molar refractivity (Wildman–Crippen MR) is 62.1 cm³/mol. The third-order valence-corrected chi connectivity index (χ3v) is 2.41. The second-order valence-corrected chi connectivity index (χ2v) is 4.18. The molecule has 5 nitrogen and oxygen atoms in total. The van der Waals surface area contributed by atoms with Crippen molar-refractivity contribution in [3.8, 4) is 0 Å². The standard InChI is InChI=1S/C11H22N2O3/c1-6-8(4)12-10(14)9(7(2)3)13-11(15)16-5/h7-9H,6H2,1-5H3,(H,12,14)(H,13,15). The zero-order valence-corrected chi connectivity index (χ0v) is 10.7. The molecule has 0 aromatic heterocycles. The van der Waals surface area contributed by atoms with Gasteiger partial charge < -0.3 is 15.4 Å². The molecule has 0 heterocycles. The number of carbonyl (C=O) groups is 2. The lowest BCUT2D eigenvalue weighted by atomic mass is 10.0. The maximum absolute atomic E-state index is 11.8. The van der Waals surface area contributed by atoms with Crippen LogP contribution in [0.15, 0.2) is 0 Å². The number of nitrogens with one attached hydrogen (secondary N) is 2. The first-order chi connectivity index (χ1) is 7.42. The average Bonchev–Trinajstić information content (AvgIpc) is 2.24. The maximum atomic E-state index is 11.8. The van der Waals surface area contributed by atoms with Gasteiger partial charge in [0.15, 0.2) is 0 Å². The Labute approximate surface area is 96.9 Å². The minimum absolute atomic E-state index is 0.0168. The number of rotatable bonds is 5. The highest BCUT2D eigenvalue weighted by Gasteiger charge is 2.24. The van der Waals surface area contributed by atoms with Gasteiger partial charge in [-0.1, -0.05) is 20.8 Å². The van der Waals surface area contributed by atoms with Crippen LogP contribution in [0.25, 0.3) is 0 Å². The Kier molecular flexibility index (Phi) is 6.53. The first-order valence-corrected chi connectivity index (χ1v) is 5.57. The highest BCUT2D eigenvalue weighted by Crippen LogP contribution is 2.03. The van der Waals surface area contributed by atoms with Crippen LogP contribution < -0.4 is 10.6 Å². The number of alkyl carbamates (subject to hydrolysis) is 1. The van der Waals surface area contributed by atoms with Crippen LogP contribution in [0.3, 0.4) is 0 Å². The predicted octanol–water partition coefficient (Wildman–Crippen LogP) is 1.28. The van der Waals surface area contributed by atoms with Crippen molar-refractivity contribution in [2.75, 3.05) is 7.11 Å². The fourth-order valence-corrected chi connectivity index (χ4v) is 1.16. The van der Waals surface area contributed by atoms with Crippen molar-refractivity contribution in [2.45, 2.75) is 46.2 Å². The Bertz CT molecular complexity index is 241. The Hall–Kier alpha value is -1.26. The van der Waals surface area contributed by atoms with Crippen LogP contribution in [-0.2, 0) is 9.53 Å². The van der Waals surface area contributed by atoms with Crippen LogP contribution in [0.5, 0.6) is 0 Å². The molecule has 0 saturated carbocycles. The molecule has 0 aliphatic rings. The van der Waals surface area contributed by atoms with E-state index in [1.165, 1.54) is 7.11 Å². The molecule has 2 N–H and O–H groups in total. The minimum atomic E-state index is -0.585. The molecular formula is C11H22N2O3. The lowest BCUT2D eigenvalue weighted by molar-refractivity contribution is -0.124. The van der Waals surface area contributed by atoms with Gasteiger partial charge in [0, 0.05) is 6.04 Å². The van der Waals surface area contributed by atoms with Crippen molar-refractivity contribution in [1.82, 2.24) is 10.6 Å². The summed E-state index contributed by atoms with van der Waals surface area (Å²) in [6, 6.07) is -0.449. The minimum Gasteiger partial charge on any atom is -0.453 e. The highest BCUT2D eigenvalue weighted by molar-refractivity contribution is 5.86. The van der Waals surface area contributed by atoms with E-state index in [0.717, 1.165) is 6.42 Å². The zero-order chi connectivity index (χ0) is 12.7. The summed E-state index contributed by atoms with van der Waals surface area (Å²) in [6.45, 7) is 7.66.